The number of carbonyl (C=O) groups is 2. The molecule has 1 amide bonds. The maximum absolute atomic E-state index is 14.7. The number of ether oxygens (including phenoxy) is 1. The van der Waals surface area contributed by atoms with Crippen molar-refractivity contribution in [1.29, 1.82) is 0 Å². The smallest absolute Gasteiger partial charge is 0.409 e. The number of halogens is 1. The molecule has 8 nitrogen and oxygen atoms in total. The maximum Gasteiger partial charge on any atom is 0.409 e. The Kier molecular flexibility index (Phi) is 8.86. The maximum atomic E-state index is 14.7. The second-order valence-corrected chi connectivity index (χ2v) is 11.7. The molecule has 1 aliphatic heterocycles. The van der Waals surface area contributed by atoms with Gasteiger partial charge in [0.15, 0.2) is 0 Å². The van der Waals surface area contributed by atoms with E-state index < -0.39 is 33.2 Å². The molecule has 0 aromatic heterocycles. The van der Waals surface area contributed by atoms with Gasteiger partial charge < -0.3 is 14.8 Å². The van der Waals surface area contributed by atoms with Crippen molar-refractivity contribution in [2.75, 3.05) is 13.1 Å². The molecule has 2 N–H and O–H groups in total. The molecule has 1 aliphatic rings. The van der Waals surface area contributed by atoms with Crippen LogP contribution in [0.15, 0.2) is 59.5 Å². The van der Waals surface area contributed by atoms with Crippen molar-refractivity contribution in [3.63, 3.8) is 0 Å². The van der Waals surface area contributed by atoms with Gasteiger partial charge in [-0.15, -0.1) is 0 Å². The van der Waals surface area contributed by atoms with E-state index in [1.807, 2.05) is 4.90 Å². The Balaban J connectivity index is 1.92. The molecule has 0 bridgehead atoms. The molecule has 1 heterocycles. The zero-order chi connectivity index (χ0) is 26.4. The van der Waals surface area contributed by atoms with Crippen LogP contribution in [0.4, 0.5) is 9.18 Å². The largest absolute Gasteiger partial charge is 0.444 e. The fourth-order valence-electron chi connectivity index (χ4n) is 4.55. The van der Waals surface area contributed by atoms with Gasteiger partial charge in [-0.1, -0.05) is 36.4 Å². The molecule has 0 saturated carbocycles. The highest BCUT2D eigenvalue weighted by molar-refractivity contribution is 7.89. The minimum absolute atomic E-state index is 0.000405. The summed E-state index contributed by atoms with van der Waals surface area (Å²) in [6, 6.07) is 13.9. The lowest BCUT2D eigenvalue weighted by atomic mass is 9.93. The summed E-state index contributed by atoms with van der Waals surface area (Å²) in [5.41, 5.74) is -1.78. The summed E-state index contributed by atoms with van der Waals surface area (Å²) in [7, 11) is -3.76. The fourth-order valence-corrected chi connectivity index (χ4v) is 5.64. The van der Waals surface area contributed by atoms with Crippen molar-refractivity contribution < 1.29 is 27.1 Å². The van der Waals surface area contributed by atoms with Crippen LogP contribution < -0.4 is 10.0 Å². The monoisotopic (exact) mass is 519 g/mol. The molecule has 2 aromatic rings. The first-order valence-electron chi connectivity index (χ1n) is 12.0. The first-order chi connectivity index (χ1) is 17.0. The molecule has 1 fully saturated rings. The summed E-state index contributed by atoms with van der Waals surface area (Å²) in [6.45, 7) is 5.71. The minimum Gasteiger partial charge on any atom is -0.444 e. The lowest BCUT2D eigenvalue weighted by Crippen LogP contribution is -2.65. The SMILES string of the molecule is CC(C)(C)OC(=O)NC(CC=O)(Cc1ccccc1F)N1CCC[C@H]1CNS(=O)(=O)c1ccccc1. The van der Waals surface area contributed by atoms with Crippen LogP contribution in [0.25, 0.3) is 0 Å². The van der Waals surface area contributed by atoms with Crippen molar-refractivity contribution in [2.45, 2.75) is 68.7 Å². The molecular formula is C26H34FN3O5S. The lowest BCUT2D eigenvalue weighted by molar-refractivity contribution is -0.111. The van der Waals surface area contributed by atoms with Crippen LogP contribution in [-0.4, -0.2) is 56.1 Å². The number of hydrogen-bond donors (Lipinski definition) is 2. The summed E-state index contributed by atoms with van der Waals surface area (Å²) in [5, 5.41) is 2.85. The van der Waals surface area contributed by atoms with E-state index >= 15 is 0 Å². The molecule has 36 heavy (non-hydrogen) atoms. The third kappa shape index (κ3) is 7.11. The Labute approximate surface area is 212 Å². The van der Waals surface area contributed by atoms with E-state index in [-0.39, 0.29) is 30.3 Å². The third-order valence-electron chi connectivity index (χ3n) is 6.08. The Bertz CT molecular complexity index is 1150. The normalized spacial score (nSPS) is 18.4. The number of likely N-dealkylation sites (tertiary alicyclic amines) is 1. The third-order valence-corrected chi connectivity index (χ3v) is 7.52. The highest BCUT2D eigenvalue weighted by Crippen LogP contribution is 2.32. The molecule has 10 heteroatoms. The molecule has 2 atom stereocenters. The van der Waals surface area contributed by atoms with E-state index in [1.54, 1.807) is 57.2 Å². The van der Waals surface area contributed by atoms with Crippen molar-refractivity contribution in [1.82, 2.24) is 14.9 Å². The van der Waals surface area contributed by atoms with Crippen LogP contribution >= 0.6 is 0 Å². The molecule has 1 unspecified atom stereocenters. The second kappa shape index (κ2) is 11.5. The molecule has 3 rings (SSSR count). The van der Waals surface area contributed by atoms with E-state index in [0.717, 1.165) is 0 Å². The quantitative estimate of drug-likeness (QED) is 0.465. The van der Waals surface area contributed by atoms with Gasteiger partial charge in [0, 0.05) is 32.0 Å². The molecular weight excluding hydrogens is 485 g/mol. The van der Waals surface area contributed by atoms with E-state index in [4.69, 9.17) is 4.74 Å². The molecule has 2 aromatic carbocycles. The Morgan fingerprint density at radius 3 is 2.44 bits per heavy atom. The van der Waals surface area contributed by atoms with Crippen LogP contribution in [0, 0.1) is 5.82 Å². The average Bonchev–Trinajstić information content (AvgIpc) is 3.28. The molecule has 0 radical (unpaired) electrons. The number of nitrogens with zero attached hydrogens (tertiary/aromatic N) is 1. The first kappa shape index (κ1) is 27.8. The van der Waals surface area contributed by atoms with Gasteiger partial charge >= 0.3 is 6.09 Å². The standard InChI is InChI=1S/C26H34FN3O5S/c1-25(2,3)35-24(32)29-26(15-17-31,18-20-10-7-8-14-23(20)27)30-16-9-11-21(30)19-28-36(33,34)22-12-5-4-6-13-22/h4-8,10,12-14,17,21,28H,9,11,15-16,18-19H2,1-3H3,(H,29,32)/t21-,26?/m0/s1. The van der Waals surface area contributed by atoms with Gasteiger partial charge in [-0.25, -0.2) is 22.3 Å². The van der Waals surface area contributed by atoms with E-state index in [1.165, 1.54) is 18.2 Å². The van der Waals surface area contributed by atoms with E-state index in [0.29, 0.717) is 31.2 Å². The number of carbonyl (C=O) groups excluding carboxylic acids is 2. The van der Waals surface area contributed by atoms with Crippen molar-refractivity contribution in [2.24, 2.45) is 0 Å². The van der Waals surface area contributed by atoms with E-state index in [2.05, 4.69) is 10.0 Å². The number of sulfonamides is 1. The molecule has 0 aliphatic carbocycles. The first-order valence-corrected chi connectivity index (χ1v) is 13.4. The summed E-state index contributed by atoms with van der Waals surface area (Å²) in [6.07, 6.45) is 1.15. The highest BCUT2D eigenvalue weighted by atomic mass is 32.2. The Morgan fingerprint density at radius 2 is 1.81 bits per heavy atom. The van der Waals surface area contributed by atoms with Gasteiger partial charge in [0.2, 0.25) is 10.0 Å². The number of rotatable bonds is 10. The summed E-state index contributed by atoms with van der Waals surface area (Å²) >= 11 is 0. The lowest BCUT2D eigenvalue weighted by Gasteiger charge is -2.45. The number of aldehydes is 1. The number of benzene rings is 2. The van der Waals surface area contributed by atoms with Crippen LogP contribution in [0.2, 0.25) is 0 Å². The topological polar surface area (TPSA) is 105 Å². The Morgan fingerprint density at radius 1 is 1.14 bits per heavy atom. The zero-order valence-electron chi connectivity index (χ0n) is 20.9. The number of nitrogens with one attached hydrogen (secondary N) is 2. The van der Waals surface area contributed by atoms with Gasteiger partial charge in [-0.2, -0.15) is 0 Å². The predicted octanol–water partition coefficient (Wildman–Crippen LogP) is 3.62. The summed E-state index contributed by atoms with van der Waals surface area (Å²) in [4.78, 5) is 26.9. The average molecular weight is 520 g/mol. The number of alkyl carbamates (subject to hydrolysis) is 1. The van der Waals surface area contributed by atoms with Crippen LogP contribution in [-0.2, 0) is 26.0 Å². The van der Waals surface area contributed by atoms with Crippen molar-refractivity contribution in [3.05, 3.63) is 66.0 Å². The fraction of sp³-hybridized carbons (Fsp3) is 0.462. The van der Waals surface area contributed by atoms with Crippen LogP contribution in [0.1, 0.15) is 45.6 Å². The van der Waals surface area contributed by atoms with Gasteiger partial charge in [0.1, 0.15) is 23.4 Å². The minimum atomic E-state index is -3.76. The van der Waals surface area contributed by atoms with Crippen LogP contribution in [0.3, 0.4) is 0 Å². The Hall–Kier alpha value is -2.82. The summed E-state index contributed by atoms with van der Waals surface area (Å²) in [5.74, 6) is -0.459. The van der Waals surface area contributed by atoms with Crippen molar-refractivity contribution >= 4 is 22.4 Å². The number of amides is 1. The molecule has 196 valence electrons. The van der Waals surface area contributed by atoms with Gasteiger partial charge in [0.25, 0.3) is 0 Å². The highest BCUT2D eigenvalue weighted by Gasteiger charge is 2.45. The number of hydrogen-bond acceptors (Lipinski definition) is 6. The molecule has 1 saturated heterocycles. The second-order valence-electron chi connectivity index (χ2n) is 9.95. The van der Waals surface area contributed by atoms with E-state index in [9.17, 15) is 22.4 Å². The van der Waals surface area contributed by atoms with Crippen LogP contribution in [0.5, 0.6) is 0 Å². The predicted molar refractivity (Wildman–Crippen MR) is 134 cm³/mol. The van der Waals surface area contributed by atoms with Crippen molar-refractivity contribution in [3.8, 4) is 0 Å². The molecule has 0 spiro atoms. The van der Waals surface area contributed by atoms with Gasteiger partial charge in [-0.05, 0) is 57.4 Å². The summed E-state index contributed by atoms with van der Waals surface area (Å²) < 4.78 is 48.5. The zero-order valence-corrected chi connectivity index (χ0v) is 21.7. The van der Waals surface area contributed by atoms with Gasteiger partial charge in [-0.3, -0.25) is 4.90 Å². The van der Waals surface area contributed by atoms with Gasteiger partial charge in [0.05, 0.1) is 4.90 Å².